The van der Waals surface area contributed by atoms with Gasteiger partial charge in [-0.15, -0.1) is 0 Å². The second-order valence-electron chi connectivity index (χ2n) is 23.6. The van der Waals surface area contributed by atoms with Gasteiger partial charge in [-0.05, 0) is 230 Å². The standard InChI is InChI=1S/C75H80N2O8/c1-53-47-65(37-27-57(53)51-84-73-21-9-13-45-80-73)76(61-33-23-55(24-34-61)49-82-71-19-7-11-43-78-71)63-39-29-59(30-40-63)75(69-17-5-3-15-67(69)68-16-4-6-18-70(68)75)60-31-41-64(42-32-60)77(62-35-25-56(26-36-62)50-83-72-20-8-12-44-79-72)66-38-28-58(54(2)48-66)52-85-74-22-10-14-46-81-74/h3-6,15-18,23-42,47-48,71-74H,7-14,19-22,43-46,49-52H2,1-2H3. The van der Waals surface area contributed by atoms with Crippen LogP contribution in [0.4, 0.5) is 34.1 Å². The normalized spacial score (nSPS) is 20.1. The molecule has 4 aliphatic heterocycles. The smallest absolute Gasteiger partial charge is 0.158 e. The topological polar surface area (TPSA) is 80.3 Å². The van der Waals surface area contributed by atoms with Crippen LogP contribution in [0, 0.1) is 13.8 Å². The monoisotopic (exact) mass is 1140 g/mol. The quantitative estimate of drug-likeness (QED) is 0.0736. The highest BCUT2D eigenvalue weighted by Crippen LogP contribution is 2.57. The number of aryl methyl sites for hydroxylation is 2. The molecule has 85 heavy (non-hydrogen) atoms. The summed E-state index contributed by atoms with van der Waals surface area (Å²) in [5, 5.41) is 0. The third-order valence-electron chi connectivity index (χ3n) is 17.9. The van der Waals surface area contributed by atoms with Crippen LogP contribution in [-0.2, 0) is 69.7 Å². The lowest BCUT2D eigenvalue weighted by Crippen LogP contribution is -2.28. The highest BCUT2D eigenvalue weighted by atomic mass is 16.7. The van der Waals surface area contributed by atoms with Gasteiger partial charge < -0.3 is 47.7 Å². The summed E-state index contributed by atoms with van der Waals surface area (Å²) in [4.78, 5) is 4.73. The number of ether oxygens (including phenoxy) is 8. The molecule has 4 fully saturated rings. The maximum absolute atomic E-state index is 6.30. The Kier molecular flexibility index (Phi) is 18.0. The molecule has 10 heteroatoms. The van der Waals surface area contributed by atoms with Crippen molar-refractivity contribution in [3.8, 4) is 11.1 Å². The Bertz CT molecular complexity index is 3240. The fourth-order valence-corrected chi connectivity index (χ4v) is 13.2. The summed E-state index contributed by atoms with van der Waals surface area (Å²) in [6.45, 7) is 9.42. The van der Waals surface area contributed by atoms with Crippen LogP contribution in [0.15, 0.2) is 182 Å². The summed E-state index contributed by atoms with van der Waals surface area (Å²) in [6.07, 6.45) is 12.0. The molecule has 0 amide bonds. The van der Waals surface area contributed by atoms with E-state index in [1.807, 2.05) is 0 Å². The van der Waals surface area contributed by atoms with Crippen molar-refractivity contribution < 1.29 is 37.9 Å². The van der Waals surface area contributed by atoms with Crippen LogP contribution in [0.3, 0.4) is 0 Å². The van der Waals surface area contributed by atoms with E-state index in [1.165, 1.54) is 44.5 Å². The van der Waals surface area contributed by atoms with Gasteiger partial charge in [-0.1, -0.05) is 109 Å². The fourth-order valence-electron chi connectivity index (χ4n) is 13.2. The number of nitrogens with zero attached hydrogens (tertiary/aromatic N) is 2. The first-order valence-electron chi connectivity index (χ1n) is 31.3. The van der Waals surface area contributed by atoms with Crippen molar-refractivity contribution in [1.82, 2.24) is 0 Å². The first-order valence-corrected chi connectivity index (χ1v) is 31.3. The van der Waals surface area contributed by atoms with Crippen LogP contribution < -0.4 is 9.80 Å². The average Bonchev–Trinajstić information content (AvgIpc) is 1.62. The summed E-state index contributed by atoms with van der Waals surface area (Å²) in [5.74, 6) is 0. The molecule has 4 saturated heterocycles. The van der Waals surface area contributed by atoms with E-state index in [9.17, 15) is 0 Å². The Morgan fingerprint density at radius 2 is 0.671 bits per heavy atom. The Morgan fingerprint density at radius 1 is 0.353 bits per heavy atom. The first kappa shape index (κ1) is 57.1. The lowest BCUT2D eigenvalue weighted by atomic mass is 9.67. The van der Waals surface area contributed by atoms with E-state index >= 15 is 0 Å². The van der Waals surface area contributed by atoms with Gasteiger partial charge in [0.1, 0.15) is 0 Å². The van der Waals surface area contributed by atoms with Gasteiger partial charge in [0.05, 0.1) is 31.8 Å². The van der Waals surface area contributed by atoms with Crippen molar-refractivity contribution in [2.24, 2.45) is 0 Å². The predicted molar refractivity (Wildman–Crippen MR) is 336 cm³/mol. The highest BCUT2D eigenvalue weighted by Gasteiger charge is 2.46. The number of benzene rings is 8. The summed E-state index contributed by atoms with van der Waals surface area (Å²) in [5.41, 5.74) is 20.0. The molecule has 438 valence electrons. The predicted octanol–water partition coefficient (Wildman–Crippen LogP) is 17.8. The average molecular weight is 1140 g/mol. The van der Waals surface area contributed by atoms with Crippen molar-refractivity contribution in [2.75, 3.05) is 36.2 Å². The largest absolute Gasteiger partial charge is 0.353 e. The molecule has 10 nitrogen and oxygen atoms in total. The molecular weight excluding hydrogens is 1060 g/mol. The van der Waals surface area contributed by atoms with E-state index in [1.54, 1.807) is 0 Å². The molecule has 1 aliphatic carbocycles. The second kappa shape index (κ2) is 26.8. The van der Waals surface area contributed by atoms with Crippen LogP contribution in [-0.4, -0.2) is 51.6 Å². The van der Waals surface area contributed by atoms with Gasteiger partial charge in [0.2, 0.25) is 0 Å². The molecule has 5 aliphatic rings. The van der Waals surface area contributed by atoms with Gasteiger partial charge in [0, 0.05) is 60.6 Å². The minimum absolute atomic E-state index is 0.148. The van der Waals surface area contributed by atoms with E-state index in [0.717, 1.165) is 160 Å². The zero-order valence-corrected chi connectivity index (χ0v) is 49.4. The van der Waals surface area contributed by atoms with Gasteiger partial charge in [0.25, 0.3) is 0 Å². The van der Waals surface area contributed by atoms with Gasteiger partial charge >= 0.3 is 0 Å². The zero-order chi connectivity index (χ0) is 57.4. The molecular formula is C75H80N2O8. The van der Waals surface area contributed by atoms with Crippen LogP contribution in [0.5, 0.6) is 0 Å². The van der Waals surface area contributed by atoms with E-state index < -0.39 is 5.41 Å². The third-order valence-corrected chi connectivity index (χ3v) is 17.9. The molecule has 8 aromatic carbocycles. The molecule has 4 atom stereocenters. The van der Waals surface area contributed by atoms with Crippen molar-refractivity contribution in [3.05, 3.63) is 238 Å². The number of anilines is 6. The Labute approximate surface area is 502 Å². The van der Waals surface area contributed by atoms with Crippen molar-refractivity contribution in [2.45, 2.75) is 148 Å². The lowest BCUT2D eigenvalue weighted by Gasteiger charge is -2.35. The van der Waals surface area contributed by atoms with Gasteiger partial charge in [-0.2, -0.15) is 0 Å². The number of rotatable bonds is 20. The van der Waals surface area contributed by atoms with E-state index in [-0.39, 0.29) is 25.2 Å². The zero-order valence-electron chi connectivity index (χ0n) is 49.4. The summed E-state index contributed by atoms with van der Waals surface area (Å²) >= 11 is 0. The molecule has 0 aromatic heterocycles. The van der Waals surface area contributed by atoms with Gasteiger partial charge in [0.15, 0.2) is 25.2 Å². The SMILES string of the molecule is Cc1cc(N(c2ccc(COC3CCCCO3)cc2)c2ccc(C3(c4ccc(N(c5ccc(COC6CCCCO6)cc5)c5ccc(COC6CCCCO6)c(C)c5)cc4)c4ccccc4-c4ccccc43)cc2)ccc1COC1CCCCO1. The lowest BCUT2D eigenvalue weighted by molar-refractivity contribution is -0.169. The minimum atomic E-state index is -0.631. The van der Waals surface area contributed by atoms with E-state index in [2.05, 4.69) is 206 Å². The molecule has 8 aromatic rings. The number of hydrogen-bond donors (Lipinski definition) is 0. The highest BCUT2D eigenvalue weighted by molar-refractivity contribution is 5.87. The Morgan fingerprint density at radius 3 is 1.00 bits per heavy atom. The molecule has 0 bridgehead atoms. The van der Waals surface area contributed by atoms with E-state index in [0.29, 0.717) is 26.4 Å². The molecule has 13 rings (SSSR count). The maximum Gasteiger partial charge on any atom is 0.158 e. The van der Waals surface area contributed by atoms with Crippen LogP contribution >= 0.6 is 0 Å². The number of fused-ring (bicyclic) bond motifs is 3. The van der Waals surface area contributed by atoms with E-state index in [4.69, 9.17) is 37.9 Å². The molecule has 0 spiro atoms. The van der Waals surface area contributed by atoms with Crippen molar-refractivity contribution in [3.63, 3.8) is 0 Å². The molecule has 0 saturated carbocycles. The second-order valence-corrected chi connectivity index (χ2v) is 23.6. The fraction of sp³-hybridized carbons (Fsp3) is 0.360. The van der Waals surface area contributed by atoms with Crippen molar-refractivity contribution in [1.29, 1.82) is 0 Å². The Hall–Kier alpha value is -6.96. The van der Waals surface area contributed by atoms with Crippen LogP contribution in [0.25, 0.3) is 11.1 Å². The van der Waals surface area contributed by atoms with Crippen molar-refractivity contribution >= 4 is 34.1 Å². The first-order chi connectivity index (χ1) is 41.9. The summed E-state index contributed by atoms with van der Waals surface area (Å²) in [7, 11) is 0. The molecule has 0 radical (unpaired) electrons. The summed E-state index contributed by atoms with van der Waals surface area (Å²) in [6, 6.07) is 67.6. The summed E-state index contributed by atoms with van der Waals surface area (Å²) < 4.78 is 48.8. The van der Waals surface area contributed by atoms with Crippen LogP contribution in [0.2, 0.25) is 0 Å². The molecule has 4 heterocycles. The molecule has 0 N–H and O–H groups in total. The minimum Gasteiger partial charge on any atom is -0.353 e. The van der Waals surface area contributed by atoms with Crippen LogP contribution in [0.1, 0.15) is 133 Å². The third kappa shape index (κ3) is 12.7. The Balaban J connectivity index is 0.856. The van der Waals surface area contributed by atoms with Gasteiger partial charge in [-0.25, -0.2) is 0 Å². The maximum atomic E-state index is 6.30. The number of hydrogen-bond acceptors (Lipinski definition) is 10. The van der Waals surface area contributed by atoms with Gasteiger partial charge in [-0.3, -0.25) is 0 Å². The molecule has 4 unspecified atom stereocenters.